The molecule has 1 fully saturated rings. The number of hydrogen-bond donors (Lipinski definition) is 0. The normalized spacial score (nSPS) is 14.8. The van der Waals surface area contributed by atoms with Gasteiger partial charge >= 0.3 is 0 Å². The van der Waals surface area contributed by atoms with Gasteiger partial charge in [0.2, 0.25) is 0 Å². The standard InChI is InChI=1S/C25H23N7O/c33-25(30-15-12-19(13-16-30)24-28-27-23-7-3-4-14-31(23)24)20-10-8-18(9-11-20)17-32-22-6-2-1-5-21(22)26-29-32/h1-11,14,19H,12-13,15-17H2. The van der Waals surface area contributed by atoms with Crippen LogP contribution in [0.15, 0.2) is 72.9 Å². The SMILES string of the molecule is O=C(c1ccc(Cn2nnc3ccccc32)cc1)N1CCC(c2nnc3ccccn23)CC1. The van der Waals surface area contributed by atoms with Crippen molar-refractivity contribution in [3.63, 3.8) is 0 Å². The van der Waals surface area contributed by atoms with E-state index in [1.807, 2.05) is 82.5 Å². The minimum absolute atomic E-state index is 0.0808. The minimum Gasteiger partial charge on any atom is -0.339 e. The van der Waals surface area contributed by atoms with Crippen LogP contribution in [-0.2, 0) is 6.54 Å². The number of para-hydroxylation sites is 1. The van der Waals surface area contributed by atoms with Gasteiger partial charge < -0.3 is 4.90 Å². The second kappa shape index (κ2) is 8.12. The quantitative estimate of drug-likeness (QED) is 0.430. The van der Waals surface area contributed by atoms with E-state index in [1.165, 1.54) is 0 Å². The van der Waals surface area contributed by atoms with E-state index >= 15 is 0 Å². The average Bonchev–Trinajstić information content (AvgIpc) is 3.49. The predicted octanol–water partition coefficient (Wildman–Crippen LogP) is 3.54. The summed E-state index contributed by atoms with van der Waals surface area (Å²) in [4.78, 5) is 15.0. The van der Waals surface area contributed by atoms with Crippen LogP contribution >= 0.6 is 0 Å². The molecule has 4 heterocycles. The summed E-state index contributed by atoms with van der Waals surface area (Å²) in [7, 11) is 0. The van der Waals surface area contributed by atoms with Crippen molar-refractivity contribution in [1.82, 2.24) is 34.5 Å². The molecular formula is C25H23N7O. The van der Waals surface area contributed by atoms with Crippen LogP contribution in [0.1, 0.15) is 40.5 Å². The van der Waals surface area contributed by atoms with Crippen LogP contribution in [-0.4, -0.2) is 53.5 Å². The van der Waals surface area contributed by atoms with Gasteiger partial charge in [0.15, 0.2) is 5.65 Å². The third-order valence-electron chi connectivity index (χ3n) is 6.44. The predicted molar refractivity (Wildman–Crippen MR) is 124 cm³/mol. The summed E-state index contributed by atoms with van der Waals surface area (Å²) in [5.41, 5.74) is 4.55. The van der Waals surface area contributed by atoms with Gasteiger partial charge in [-0.15, -0.1) is 15.3 Å². The molecule has 1 aliphatic rings. The summed E-state index contributed by atoms with van der Waals surface area (Å²) in [6.07, 6.45) is 3.78. The molecular weight excluding hydrogens is 414 g/mol. The van der Waals surface area contributed by atoms with Crippen LogP contribution in [0.4, 0.5) is 0 Å². The first-order valence-electron chi connectivity index (χ1n) is 11.2. The molecule has 0 unspecified atom stereocenters. The van der Waals surface area contributed by atoms with Gasteiger partial charge in [-0.2, -0.15) is 0 Å². The highest BCUT2D eigenvalue weighted by molar-refractivity contribution is 5.94. The highest BCUT2D eigenvalue weighted by Gasteiger charge is 2.27. The van der Waals surface area contributed by atoms with Gasteiger partial charge in [-0.25, -0.2) is 4.68 Å². The molecule has 0 aliphatic carbocycles. The van der Waals surface area contributed by atoms with Crippen LogP contribution < -0.4 is 0 Å². The number of carbonyl (C=O) groups excluding carboxylic acids is 1. The molecule has 3 aromatic heterocycles. The van der Waals surface area contributed by atoms with Crippen molar-refractivity contribution in [2.75, 3.05) is 13.1 Å². The van der Waals surface area contributed by atoms with Crippen LogP contribution in [0.5, 0.6) is 0 Å². The largest absolute Gasteiger partial charge is 0.339 e. The molecule has 8 heteroatoms. The molecule has 0 N–H and O–H groups in total. The lowest BCUT2D eigenvalue weighted by Crippen LogP contribution is -2.38. The van der Waals surface area contributed by atoms with E-state index in [9.17, 15) is 4.79 Å². The van der Waals surface area contributed by atoms with E-state index < -0.39 is 0 Å². The maximum atomic E-state index is 13.1. The number of rotatable bonds is 4. The number of pyridine rings is 1. The molecule has 2 aromatic carbocycles. The number of hydrogen-bond acceptors (Lipinski definition) is 5. The molecule has 1 saturated heterocycles. The number of carbonyl (C=O) groups is 1. The van der Waals surface area contributed by atoms with E-state index in [0.717, 1.165) is 54.0 Å². The maximum Gasteiger partial charge on any atom is 0.253 e. The van der Waals surface area contributed by atoms with Crippen LogP contribution in [0.2, 0.25) is 0 Å². The van der Waals surface area contributed by atoms with Gasteiger partial charge in [0.1, 0.15) is 11.3 Å². The number of amides is 1. The third kappa shape index (κ3) is 3.63. The Morgan fingerprint density at radius 1 is 0.879 bits per heavy atom. The molecule has 0 spiro atoms. The molecule has 6 rings (SSSR count). The highest BCUT2D eigenvalue weighted by atomic mass is 16.2. The second-order valence-corrected chi connectivity index (χ2v) is 8.49. The van der Waals surface area contributed by atoms with Gasteiger partial charge in [-0.3, -0.25) is 9.20 Å². The Labute approximate surface area is 190 Å². The first-order valence-corrected chi connectivity index (χ1v) is 11.2. The minimum atomic E-state index is 0.0808. The van der Waals surface area contributed by atoms with Crippen molar-refractivity contribution in [1.29, 1.82) is 0 Å². The molecule has 164 valence electrons. The summed E-state index contributed by atoms with van der Waals surface area (Å²) in [6.45, 7) is 2.06. The topological polar surface area (TPSA) is 81.2 Å². The van der Waals surface area contributed by atoms with Crippen LogP contribution in [0, 0.1) is 0 Å². The zero-order valence-electron chi connectivity index (χ0n) is 18.1. The van der Waals surface area contributed by atoms with E-state index in [4.69, 9.17) is 0 Å². The number of aromatic nitrogens is 6. The molecule has 0 saturated carbocycles. The zero-order chi connectivity index (χ0) is 22.2. The number of likely N-dealkylation sites (tertiary alicyclic amines) is 1. The lowest BCUT2D eigenvalue weighted by molar-refractivity contribution is 0.0711. The molecule has 0 radical (unpaired) electrons. The Morgan fingerprint density at radius 3 is 2.52 bits per heavy atom. The highest BCUT2D eigenvalue weighted by Crippen LogP contribution is 2.28. The second-order valence-electron chi connectivity index (χ2n) is 8.49. The van der Waals surface area contributed by atoms with Crippen molar-refractivity contribution in [2.24, 2.45) is 0 Å². The van der Waals surface area contributed by atoms with Crippen LogP contribution in [0.3, 0.4) is 0 Å². The molecule has 0 bridgehead atoms. The maximum absolute atomic E-state index is 13.1. The first-order chi connectivity index (χ1) is 16.3. The fourth-order valence-electron chi connectivity index (χ4n) is 4.62. The lowest BCUT2D eigenvalue weighted by Gasteiger charge is -2.31. The van der Waals surface area contributed by atoms with Gasteiger partial charge in [-0.1, -0.05) is 35.5 Å². The summed E-state index contributed by atoms with van der Waals surface area (Å²) >= 11 is 0. The fraction of sp³-hybridized carbons (Fsp3) is 0.240. The van der Waals surface area contributed by atoms with E-state index in [1.54, 1.807) is 0 Å². The Kier molecular flexibility index (Phi) is 4.83. The smallest absolute Gasteiger partial charge is 0.253 e. The monoisotopic (exact) mass is 437 g/mol. The molecule has 5 aromatic rings. The van der Waals surface area contributed by atoms with Crippen molar-refractivity contribution in [3.8, 4) is 0 Å². The van der Waals surface area contributed by atoms with E-state index in [-0.39, 0.29) is 5.91 Å². The summed E-state index contributed by atoms with van der Waals surface area (Å²) in [5, 5.41) is 17.1. The molecule has 0 atom stereocenters. The summed E-state index contributed by atoms with van der Waals surface area (Å²) < 4.78 is 3.93. The summed E-state index contributed by atoms with van der Waals surface area (Å²) in [6, 6.07) is 21.7. The molecule has 1 aliphatic heterocycles. The average molecular weight is 438 g/mol. The van der Waals surface area contributed by atoms with Crippen molar-refractivity contribution in [3.05, 3.63) is 89.9 Å². The Morgan fingerprint density at radius 2 is 1.67 bits per heavy atom. The van der Waals surface area contributed by atoms with Crippen molar-refractivity contribution < 1.29 is 4.79 Å². The van der Waals surface area contributed by atoms with Crippen LogP contribution in [0.25, 0.3) is 16.7 Å². The van der Waals surface area contributed by atoms with Gasteiger partial charge in [-0.05, 0) is 54.8 Å². The first kappa shape index (κ1) is 19.6. The van der Waals surface area contributed by atoms with E-state index in [0.29, 0.717) is 18.0 Å². The van der Waals surface area contributed by atoms with Crippen molar-refractivity contribution >= 4 is 22.6 Å². The molecule has 8 nitrogen and oxygen atoms in total. The van der Waals surface area contributed by atoms with E-state index in [2.05, 4.69) is 24.9 Å². The van der Waals surface area contributed by atoms with Gasteiger partial charge in [0.05, 0.1) is 12.1 Å². The Balaban J connectivity index is 1.11. The van der Waals surface area contributed by atoms with Gasteiger partial charge in [0.25, 0.3) is 5.91 Å². The number of nitrogens with zero attached hydrogens (tertiary/aromatic N) is 7. The third-order valence-corrected chi connectivity index (χ3v) is 6.44. The molecule has 33 heavy (non-hydrogen) atoms. The Bertz CT molecular complexity index is 1430. The molecule has 1 amide bonds. The number of benzene rings is 2. The summed E-state index contributed by atoms with van der Waals surface area (Å²) in [5.74, 6) is 1.38. The zero-order valence-corrected chi connectivity index (χ0v) is 18.1. The Hall–Kier alpha value is -4.07. The van der Waals surface area contributed by atoms with Gasteiger partial charge in [0, 0.05) is 30.8 Å². The number of piperidine rings is 1. The number of fused-ring (bicyclic) bond motifs is 2. The van der Waals surface area contributed by atoms with Crippen molar-refractivity contribution in [2.45, 2.75) is 25.3 Å². The fourth-order valence-corrected chi connectivity index (χ4v) is 4.62. The lowest BCUT2D eigenvalue weighted by atomic mass is 9.95.